The number of benzene rings is 1. The second-order valence-electron chi connectivity index (χ2n) is 5.96. The number of hydrogen-bond acceptors (Lipinski definition) is 4. The highest BCUT2D eigenvalue weighted by molar-refractivity contribution is 5.95. The van der Waals surface area contributed by atoms with E-state index in [9.17, 15) is 4.79 Å². The standard InChI is InChI=1S/C17H26N2O3/c1-21-11-14-5-3-4-6-15(14)16(20)19-12-17(13-22-2)7-9-18-10-8-17/h3-6,18H,7-13H2,1-2H3,(H,19,20). The molecule has 2 N–H and O–H groups in total. The monoisotopic (exact) mass is 306 g/mol. The van der Waals surface area contributed by atoms with Crippen LogP contribution >= 0.6 is 0 Å². The van der Waals surface area contributed by atoms with Crippen LogP contribution in [0.15, 0.2) is 24.3 Å². The summed E-state index contributed by atoms with van der Waals surface area (Å²) in [6, 6.07) is 7.57. The fourth-order valence-electron chi connectivity index (χ4n) is 3.02. The van der Waals surface area contributed by atoms with Crippen LogP contribution in [0.2, 0.25) is 0 Å². The number of carbonyl (C=O) groups excluding carboxylic acids is 1. The molecule has 1 fully saturated rings. The molecular formula is C17H26N2O3. The molecule has 1 amide bonds. The zero-order valence-electron chi connectivity index (χ0n) is 13.5. The average Bonchev–Trinajstić information content (AvgIpc) is 2.55. The van der Waals surface area contributed by atoms with Crippen LogP contribution in [0.4, 0.5) is 0 Å². The lowest BCUT2D eigenvalue weighted by Gasteiger charge is -2.37. The van der Waals surface area contributed by atoms with Crippen molar-refractivity contribution in [2.45, 2.75) is 19.4 Å². The Morgan fingerprint density at radius 2 is 1.95 bits per heavy atom. The number of carbonyl (C=O) groups is 1. The molecule has 0 bridgehead atoms. The molecule has 1 heterocycles. The van der Waals surface area contributed by atoms with Crippen molar-refractivity contribution in [2.75, 3.05) is 40.5 Å². The Morgan fingerprint density at radius 3 is 2.64 bits per heavy atom. The number of ether oxygens (including phenoxy) is 2. The van der Waals surface area contributed by atoms with E-state index in [2.05, 4.69) is 10.6 Å². The highest BCUT2D eigenvalue weighted by Crippen LogP contribution is 2.28. The van der Waals surface area contributed by atoms with Gasteiger partial charge < -0.3 is 20.1 Å². The van der Waals surface area contributed by atoms with E-state index in [1.807, 2.05) is 24.3 Å². The van der Waals surface area contributed by atoms with Gasteiger partial charge in [-0.25, -0.2) is 0 Å². The first-order valence-electron chi connectivity index (χ1n) is 7.75. The summed E-state index contributed by atoms with van der Waals surface area (Å²) in [5, 5.41) is 6.45. The van der Waals surface area contributed by atoms with Crippen molar-refractivity contribution in [3.8, 4) is 0 Å². The van der Waals surface area contributed by atoms with Crippen molar-refractivity contribution in [3.05, 3.63) is 35.4 Å². The molecular weight excluding hydrogens is 280 g/mol. The van der Waals surface area contributed by atoms with Crippen LogP contribution in [0.1, 0.15) is 28.8 Å². The van der Waals surface area contributed by atoms with Gasteiger partial charge in [0.05, 0.1) is 13.2 Å². The summed E-state index contributed by atoms with van der Waals surface area (Å²) >= 11 is 0. The van der Waals surface area contributed by atoms with Crippen molar-refractivity contribution >= 4 is 5.91 Å². The van der Waals surface area contributed by atoms with Gasteiger partial charge in [-0.1, -0.05) is 18.2 Å². The third kappa shape index (κ3) is 4.29. The Kier molecular flexibility index (Phi) is 6.36. The molecule has 0 atom stereocenters. The molecule has 1 aliphatic rings. The maximum absolute atomic E-state index is 12.5. The second kappa shape index (κ2) is 8.27. The molecule has 5 nitrogen and oxygen atoms in total. The fraction of sp³-hybridized carbons (Fsp3) is 0.588. The maximum atomic E-state index is 12.5. The quantitative estimate of drug-likeness (QED) is 0.803. The highest BCUT2D eigenvalue weighted by atomic mass is 16.5. The lowest BCUT2D eigenvalue weighted by Crippen LogP contribution is -2.47. The van der Waals surface area contributed by atoms with Gasteiger partial charge in [0.15, 0.2) is 0 Å². The summed E-state index contributed by atoms with van der Waals surface area (Å²) in [7, 11) is 3.36. The number of hydrogen-bond donors (Lipinski definition) is 2. The van der Waals surface area contributed by atoms with Crippen molar-refractivity contribution in [1.82, 2.24) is 10.6 Å². The molecule has 0 radical (unpaired) electrons. The predicted molar refractivity (Wildman–Crippen MR) is 85.9 cm³/mol. The molecule has 0 spiro atoms. The first-order valence-corrected chi connectivity index (χ1v) is 7.75. The summed E-state index contributed by atoms with van der Waals surface area (Å²) in [5.74, 6) is -0.0401. The van der Waals surface area contributed by atoms with Crippen molar-refractivity contribution < 1.29 is 14.3 Å². The minimum atomic E-state index is -0.0401. The first-order chi connectivity index (χ1) is 10.7. The molecule has 22 heavy (non-hydrogen) atoms. The topological polar surface area (TPSA) is 59.6 Å². The average molecular weight is 306 g/mol. The molecule has 0 aliphatic carbocycles. The first kappa shape index (κ1) is 16.9. The summed E-state index contributed by atoms with van der Waals surface area (Å²) < 4.78 is 10.5. The van der Waals surface area contributed by atoms with Crippen LogP contribution in [0.25, 0.3) is 0 Å². The van der Waals surface area contributed by atoms with Crippen LogP contribution in [0, 0.1) is 5.41 Å². The number of nitrogens with one attached hydrogen (secondary N) is 2. The van der Waals surface area contributed by atoms with Gasteiger partial charge in [0, 0.05) is 31.7 Å². The summed E-state index contributed by atoms with van der Waals surface area (Å²) in [6.07, 6.45) is 2.03. The van der Waals surface area contributed by atoms with E-state index in [4.69, 9.17) is 9.47 Å². The SMILES string of the molecule is COCc1ccccc1C(=O)NCC1(COC)CCNCC1. The van der Waals surface area contributed by atoms with Gasteiger partial charge in [-0.2, -0.15) is 0 Å². The summed E-state index contributed by atoms with van der Waals surface area (Å²) in [5.41, 5.74) is 1.63. The molecule has 2 rings (SSSR count). The zero-order chi connectivity index (χ0) is 15.8. The minimum absolute atomic E-state index is 0.0336. The van der Waals surface area contributed by atoms with Crippen LogP contribution in [-0.4, -0.2) is 46.4 Å². The number of rotatable bonds is 7. The van der Waals surface area contributed by atoms with E-state index in [1.165, 1.54) is 0 Å². The number of methoxy groups -OCH3 is 2. The van der Waals surface area contributed by atoms with E-state index in [0.29, 0.717) is 25.3 Å². The summed E-state index contributed by atoms with van der Waals surface area (Å²) in [6.45, 7) is 3.70. The molecule has 122 valence electrons. The largest absolute Gasteiger partial charge is 0.384 e. The van der Waals surface area contributed by atoms with E-state index in [0.717, 1.165) is 31.5 Å². The van der Waals surface area contributed by atoms with E-state index >= 15 is 0 Å². The Bertz CT molecular complexity index is 479. The molecule has 1 aromatic rings. The molecule has 1 aliphatic heterocycles. The number of piperidine rings is 1. The van der Waals surface area contributed by atoms with Crippen molar-refractivity contribution in [3.63, 3.8) is 0 Å². The van der Waals surface area contributed by atoms with Gasteiger partial charge in [0.2, 0.25) is 0 Å². The number of amides is 1. The Hall–Kier alpha value is -1.43. The fourth-order valence-corrected chi connectivity index (χ4v) is 3.02. The maximum Gasteiger partial charge on any atom is 0.251 e. The molecule has 0 unspecified atom stereocenters. The molecule has 1 aromatic carbocycles. The summed E-state index contributed by atoms with van der Waals surface area (Å²) in [4.78, 5) is 12.5. The highest BCUT2D eigenvalue weighted by Gasteiger charge is 2.32. The Morgan fingerprint density at radius 1 is 1.23 bits per heavy atom. The van der Waals surface area contributed by atoms with Gasteiger partial charge in [-0.3, -0.25) is 4.79 Å². The van der Waals surface area contributed by atoms with Crippen molar-refractivity contribution in [1.29, 1.82) is 0 Å². The molecule has 0 saturated carbocycles. The Balaban J connectivity index is 2.02. The lowest BCUT2D eigenvalue weighted by molar-refractivity contribution is 0.0511. The third-order valence-corrected chi connectivity index (χ3v) is 4.30. The normalized spacial score (nSPS) is 17.2. The van der Waals surface area contributed by atoms with Crippen LogP contribution in [0.3, 0.4) is 0 Å². The van der Waals surface area contributed by atoms with E-state index < -0.39 is 0 Å². The van der Waals surface area contributed by atoms with Crippen LogP contribution in [-0.2, 0) is 16.1 Å². The molecule has 1 saturated heterocycles. The lowest BCUT2D eigenvalue weighted by atomic mass is 9.79. The predicted octanol–water partition coefficient (Wildman–Crippen LogP) is 1.58. The van der Waals surface area contributed by atoms with E-state index in [1.54, 1.807) is 14.2 Å². The molecule has 0 aromatic heterocycles. The minimum Gasteiger partial charge on any atom is -0.384 e. The van der Waals surface area contributed by atoms with Gasteiger partial charge in [-0.15, -0.1) is 0 Å². The third-order valence-electron chi connectivity index (χ3n) is 4.30. The molecule has 5 heteroatoms. The van der Waals surface area contributed by atoms with E-state index in [-0.39, 0.29) is 11.3 Å². The van der Waals surface area contributed by atoms with Crippen molar-refractivity contribution in [2.24, 2.45) is 5.41 Å². The van der Waals surface area contributed by atoms with Gasteiger partial charge in [-0.05, 0) is 37.6 Å². The van der Waals surface area contributed by atoms with Gasteiger partial charge in [0.25, 0.3) is 5.91 Å². The Labute approximate surface area is 132 Å². The van der Waals surface area contributed by atoms with Gasteiger partial charge >= 0.3 is 0 Å². The van der Waals surface area contributed by atoms with Gasteiger partial charge in [0.1, 0.15) is 0 Å². The second-order valence-corrected chi connectivity index (χ2v) is 5.96. The van der Waals surface area contributed by atoms with Crippen LogP contribution < -0.4 is 10.6 Å². The zero-order valence-corrected chi connectivity index (χ0v) is 13.5. The smallest absolute Gasteiger partial charge is 0.251 e. The van der Waals surface area contributed by atoms with Crippen LogP contribution in [0.5, 0.6) is 0 Å².